The summed E-state index contributed by atoms with van der Waals surface area (Å²) in [5, 5.41) is 8.88. The Balaban J connectivity index is 1.30. The Bertz CT molecular complexity index is 1090. The van der Waals surface area contributed by atoms with Crippen molar-refractivity contribution in [2.75, 3.05) is 26.2 Å². The molecule has 1 aliphatic rings. The number of carbonyl (C=O) groups is 1. The number of aromatic nitrogens is 2. The topological polar surface area (TPSA) is 64.6 Å². The largest absolute Gasteiger partial charge is 0.340 e. The molecule has 2 aromatic heterocycles. The van der Waals surface area contributed by atoms with Crippen LogP contribution in [0.1, 0.15) is 34.5 Å². The number of amides is 1. The number of nitrogens with zero attached hydrogens (tertiary/aromatic N) is 5. The number of rotatable bonds is 5. The number of carbonyl (C=O) groups excluding carboxylic acids is 1. The van der Waals surface area contributed by atoms with Crippen molar-refractivity contribution in [2.45, 2.75) is 33.2 Å². The Hall–Kier alpha value is -3.17. The summed E-state index contributed by atoms with van der Waals surface area (Å²) in [6, 6.07) is 13.8. The number of pyridine rings is 1. The van der Waals surface area contributed by atoms with Crippen molar-refractivity contribution in [3.63, 3.8) is 0 Å². The Morgan fingerprint density at radius 1 is 1.10 bits per heavy atom. The third kappa shape index (κ3) is 4.37. The molecule has 0 spiro atoms. The highest BCUT2D eigenvalue weighted by molar-refractivity contribution is 5.76. The van der Waals surface area contributed by atoms with Gasteiger partial charge in [0.2, 0.25) is 5.91 Å². The highest BCUT2D eigenvalue weighted by atomic mass is 16.2. The zero-order valence-electron chi connectivity index (χ0n) is 17.6. The second-order valence-electron chi connectivity index (χ2n) is 8.04. The van der Waals surface area contributed by atoms with Crippen LogP contribution in [0, 0.1) is 25.2 Å². The molecule has 0 bridgehead atoms. The molecule has 1 saturated heterocycles. The van der Waals surface area contributed by atoms with Gasteiger partial charge < -0.3 is 9.30 Å². The number of aryl methyl sites for hydroxylation is 3. The lowest BCUT2D eigenvalue weighted by molar-refractivity contribution is -0.133. The summed E-state index contributed by atoms with van der Waals surface area (Å²) in [4.78, 5) is 21.7. The van der Waals surface area contributed by atoms with Crippen molar-refractivity contribution in [3.8, 4) is 6.07 Å². The van der Waals surface area contributed by atoms with Crippen molar-refractivity contribution >= 4 is 11.6 Å². The van der Waals surface area contributed by atoms with Crippen LogP contribution >= 0.6 is 0 Å². The summed E-state index contributed by atoms with van der Waals surface area (Å²) >= 11 is 0. The third-order valence-electron chi connectivity index (χ3n) is 5.89. The molecule has 0 atom stereocenters. The molecule has 0 N–H and O–H groups in total. The Kier molecular flexibility index (Phi) is 5.82. The van der Waals surface area contributed by atoms with E-state index in [1.54, 1.807) is 0 Å². The number of nitriles is 1. The molecule has 6 heteroatoms. The van der Waals surface area contributed by atoms with Crippen LogP contribution in [0.15, 0.2) is 42.6 Å². The van der Waals surface area contributed by atoms with Crippen LogP contribution in [0.4, 0.5) is 0 Å². The van der Waals surface area contributed by atoms with Gasteiger partial charge in [-0.15, -0.1) is 0 Å². The quantitative estimate of drug-likeness (QED) is 0.659. The van der Waals surface area contributed by atoms with Crippen LogP contribution in [-0.4, -0.2) is 51.3 Å². The van der Waals surface area contributed by atoms with Crippen molar-refractivity contribution in [3.05, 3.63) is 70.7 Å². The minimum Gasteiger partial charge on any atom is -0.340 e. The van der Waals surface area contributed by atoms with Crippen LogP contribution < -0.4 is 0 Å². The average molecular weight is 402 g/mol. The Labute approximate surface area is 177 Å². The standard InChI is InChI=1S/C24H27N5O/c1-18-9-10-29-22(19(2)26-23(29)15-18)17-27-11-13-28(14-12-27)24(30)8-7-20-3-5-21(16-25)6-4-20/h3-6,9-10,15H,7-8,11-14,17H2,1-2H3. The van der Waals surface area contributed by atoms with E-state index in [0.717, 1.165) is 49.6 Å². The summed E-state index contributed by atoms with van der Waals surface area (Å²) < 4.78 is 2.18. The Morgan fingerprint density at radius 3 is 2.53 bits per heavy atom. The number of benzene rings is 1. The van der Waals surface area contributed by atoms with Crippen LogP contribution in [0.25, 0.3) is 5.65 Å². The molecule has 30 heavy (non-hydrogen) atoms. The van der Waals surface area contributed by atoms with E-state index in [0.29, 0.717) is 18.4 Å². The van der Waals surface area contributed by atoms with Gasteiger partial charge in [-0.3, -0.25) is 9.69 Å². The molecule has 1 amide bonds. The Morgan fingerprint density at radius 2 is 1.83 bits per heavy atom. The lowest BCUT2D eigenvalue weighted by Gasteiger charge is -2.34. The van der Waals surface area contributed by atoms with Gasteiger partial charge in [0.15, 0.2) is 0 Å². The molecule has 0 unspecified atom stereocenters. The van der Waals surface area contributed by atoms with E-state index in [4.69, 9.17) is 10.2 Å². The fraction of sp³-hybridized carbons (Fsp3) is 0.375. The predicted octanol–water partition coefficient (Wildman–Crippen LogP) is 3.10. The summed E-state index contributed by atoms with van der Waals surface area (Å²) in [6.07, 6.45) is 3.33. The van der Waals surface area contributed by atoms with Crippen LogP contribution in [0.5, 0.6) is 0 Å². The molecule has 3 heterocycles. The second-order valence-corrected chi connectivity index (χ2v) is 8.04. The minimum atomic E-state index is 0.209. The van der Waals surface area contributed by atoms with E-state index in [1.807, 2.05) is 29.2 Å². The van der Waals surface area contributed by atoms with Crippen molar-refractivity contribution in [1.29, 1.82) is 5.26 Å². The fourth-order valence-electron chi connectivity index (χ4n) is 4.03. The van der Waals surface area contributed by atoms with Gasteiger partial charge in [0.1, 0.15) is 5.65 Å². The molecule has 4 rings (SSSR count). The molecule has 154 valence electrons. The van der Waals surface area contributed by atoms with Gasteiger partial charge in [0.25, 0.3) is 0 Å². The summed E-state index contributed by atoms with van der Waals surface area (Å²) in [5.74, 6) is 0.209. The average Bonchev–Trinajstić information content (AvgIpc) is 3.07. The van der Waals surface area contributed by atoms with Gasteiger partial charge >= 0.3 is 0 Å². The fourth-order valence-corrected chi connectivity index (χ4v) is 4.03. The van der Waals surface area contributed by atoms with Gasteiger partial charge in [-0.05, 0) is 55.7 Å². The van der Waals surface area contributed by atoms with E-state index >= 15 is 0 Å². The second kappa shape index (κ2) is 8.68. The highest BCUT2D eigenvalue weighted by Crippen LogP contribution is 2.17. The maximum Gasteiger partial charge on any atom is 0.222 e. The van der Waals surface area contributed by atoms with E-state index in [-0.39, 0.29) is 5.91 Å². The zero-order valence-corrected chi connectivity index (χ0v) is 17.6. The summed E-state index contributed by atoms with van der Waals surface area (Å²) in [7, 11) is 0. The zero-order chi connectivity index (χ0) is 21.1. The van der Waals surface area contributed by atoms with Crippen LogP contribution in [0.2, 0.25) is 0 Å². The molecule has 0 saturated carbocycles. The molecular weight excluding hydrogens is 374 g/mol. The number of piperazine rings is 1. The molecule has 3 aromatic rings. The first kappa shape index (κ1) is 20.1. The van der Waals surface area contributed by atoms with Crippen LogP contribution in [0.3, 0.4) is 0 Å². The number of hydrogen-bond donors (Lipinski definition) is 0. The highest BCUT2D eigenvalue weighted by Gasteiger charge is 2.22. The lowest BCUT2D eigenvalue weighted by Crippen LogP contribution is -2.48. The first-order chi connectivity index (χ1) is 14.5. The van der Waals surface area contributed by atoms with Crippen LogP contribution in [-0.2, 0) is 17.8 Å². The molecule has 1 aliphatic heterocycles. The van der Waals surface area contributed by atoms with Crippen molar-refractivity contribution in [2.24, 2.45) is 0 Å². The molecule has 0 radical (unpaired) electrons. The molecule has 1 aromatic carbocycles. The number of imidazole rings is 1. The van der Waals surface area contributed by atoms with Crippen molar-refractivity contribution in [1.82, 2.24) is 19.2 Å². The summed E-state index contributed by atoms with van der Waals surface area (Å²) in [6.45, 7) is 8.29. The van der Waals surface area contributed by atoms with Gasteiger partial charge in [-0.25, -0.2) is 4.98 Å². The third-order valence-corrected chi connectivity index (χ3v) is 5.89. The SMILES string of the molecule is Cc1ccn2c(CN3CCN(C(=O)CCc4ccc(C#N)cc4)CC3)c(C)nc2c1. The van der Waals surface area contributed by atoms with Gasteiger partial charge in [0, 0.05) is 45.3 Å². The van der Waals surface area contributed by atoms with Gasteiger partial charge in [-0.2, -0.15) is 5.26 Å². The molecule has 0 aliphatic carbocycles. The van der Waals surface area contributed by atoms with E-state index in [2.05, 4.69) is 47.5 Å². The monoisotopic (exact) mass is 401 g/mol. The number of fused-ring (bicyclic) bond motifs is 1. The minimum absolute atomic E-state index is 0.209. The van der Waals surface area contributed by atoms with E-state index in [1.165, 1.54) is 11.3 Å². The molecular formula is C24H27N5O. The first-order valence-corrected chi connectivity index (χ1v) is 10.5. The maximum atomic E-state index is 12.6. The van der Waals surface area contributed by atoms with E-state index in [9.17, 15) is 4.79 Å². The van der Waals surface area contributed by atoms with Crippen molar-refractivity contribution < 1.29 is 4.79 Å². The maximum absolute atomic E-state index is 12.6. The normalized spacial score (nSPS) is 14.8. The van der Waals surface area contributed by atoms with E-state index < -0.39 is 0 Å². The molecule has 1 fully saturated rings. The summed E-state index contributed by atoms with van der Waals surface area (Å²) in [5.41, 5.74) is 6.26. The van der Waals surface area contributed by atoms with Gasteiger partial charge in [-0.1, -0.05) is 12.1 Å². The lowest BCUT2D eigenvalue weighted by atomic mass is 10.1. The van der Waals surface area contributed by atoms with Gasteiger partial charge in [0.05, 0.1) is 23.0 Å². The first-order valence-electron chi connectivity index (χ1n) is 10.5. The molecule has 6 nitrogen and oxygen atoms in total. The smallest absolute Gasteiger partial charge is 0.222 e. The number of hydrogen-bond acceptors (Lipinski definition) is 4. The predicted molar refractivity (Wildman–Crippen MR) is 116 cm³/mol.